The van der Waals surface area contributed by atoms with E-state index < -0.39 is 6.04 Å². The highest BCUT2D eigenvalue weighted by molar-refractivity contribution is 5.98. The fourth-order valence-electron chi connectivity index (χ4n) is 1.92. The van der Waals surface area contributed by atoms with Crippen LogP contribution >= 0.6 is 0 Å². The quantitative estimate of drug-likeness (QED) is 0.901. The van der Waals surface area contributed by atoms with Crippen molar-refractivity contribution in [3.8, 4) is 11.4 Å². The van der Waals surface area contributed by atoms with Crippen LogP contribution in [0.3, 0.4) is 0 Å². The van der Waals surface area contributed by atoms with E-state index in [4.69, 9.17) is 5.73 Å². The predicted molar refractivity (Wildman–Crippen MR) is 82.5 cm³/mol. The molecule has 0 aliphatic rings. The standard InChI is InChI=1S/C15H21N5O/c1-15(2,3)12(16)14(21)18-11-8-6-5-7-10(11)13-19-17-9-20(13)4/h5-9,12H,16H2,1-4H3,(H,18,21). The Kier molecular flexibility index (Phi) is 4.09. The number of para-hydroxylation sites is 1. The van der Waals surface area contributed by atoms with Crippen LogP contribution in [0.25, 0.3) is 11.4 Å². The highest BCUT2D eigenvalue weighted by atomic mass is 16.2. The minimum atomic E-state index is -0.593. The van der Waals surface area contributed by atoms with Crippen molar-refractivity contribution in [2.45, 2.75) is 26.8 Å². The van der Waals surface area contributed by atoms with E-state index in [0.29, 0.717) is 11.5 Å². The van der Waals surface area contributed by atoms with E-state index in [0.717, 1.165) is 5.56 Å². The zero-order valence-electron chi connectivity index (χ0n) is 12.8. The second-order valence-electron chi connectivity index (χ2n) is 6.14. The van der Waals surface area contributed by atoms with Crippen molar-refractivity contribution in [2.24, 2.45) is 18.2 Å². The molecule has 0 saturated heterocycles. The molecule has 1 atom stereocenters. The Morgan fingerprint density at radius 2 is 2.00 bits per heavy atom. The number of aryl methyl sites for hydroxylation is 1. The summed E-state index contributed by atoms with van der Waals surface area (Å²) in [5.74, 6) is 0.479. The molecule has 1 heterocycles. The normalized spacial score (nSPS) is 13.0. The van der Waals surface area contributed by atoms with Crippen molar-refractivity contribution in [1.82, 2.24) is 14.8 Å². The number of nitrogens with one attached hydrogen (secondary N) is 1. The summed E-state index contributed by atoms with van der Waals surface area (Å²) in [7, 11) is 1.86. The van der Waals surface area contributed by atoms with Crippen LogP contribution in [-0.4, -0.2) is 26.7 Å². The van der Waals surface area contributed by atoms with E-state index in [1.165, 1.54) is 0 Å². The summed E-state index contributed by atoms with van der Waals surface area (Å²) >= 11 is 0. The van der Waals surface area contributed by atoms with Gasteiger partial charge < -0.3 is 15.6 Å². The number of carbonyl (C=O) groups excluding carboxylic acids is 1. The van der Waals surface area contributed by atoms with Crippen LogP contribution in [0.1, 0.15) is 20.8 Å². The molecule has 6 nitrogen and oxygen atoms in total. The maximum absolute atomic E-state index is 12.3. The van der Waals surface area contributed by atoms with Crippen molar-refractivity contribution < 1.29 is 4.79 Å². The summed E-state index contributed by atoms with van der Waals surface area (Å²) in [5, 5.41) is 10.8. The van der Waals surface area contributed by atoms with Crippen molar-refractivity contribution >= 4 is 11.6 Å². The third kappa shape index (κ3) is 3.28. The number of aromatic nitrogens is 3. The molecule has 3 N–H and O–H groups in total. The lowest BCUT2D eigenvalue weighted by Gasteiger charge is -2.26. The van der Waals surface area contributed by atoms with E-state index in [-0.39, 0.29) is 11.3 Å². The Balaban J connectivity index is 2.30. The third-order valence-electron chi connectivity index (χ3n) is 3.35. The molecule has 21 heavy (non-hydrogen) atoms. The molecule has 0 aliphatic heterocycles. The Labute approximate surface area is 124 Å². The number of benzene rings is 1. The predicted octanol–water partition coefficient (Wildman–Crippen LogP) is 1.79. The molecular formula is C15H21N5O. The van der Waals surface area contributed by atoms with Crippen LogP contribution in [0.5, 0.6) is 0 Å². The van der Waals surface area contributed by atoms with Gasteiger partial charge in [-0.05, 0) is 17.5 Å². The summed E-state index contributed by atoms with van der Waals surface area (Å²) in [6.45, 7) is 5.81. The Morgan fingerprint density at radius 1 is 1.33 bits per heavy atom. The van der Waals surface area contributed by atoms with E-state index in [1.807, 2.05) is 52.1 Å². The SMILES string of the molecule is Cn1cnnc1-c1ccccc1NC(=O)C(N)C(C)(C)C. The average Bonchev–Trinajstić information content (AvgIpc) is 2.83. The second-order valence-corrected chi connectivity index (χ2v) is 6.14. The first-order valence-electron chi connectivity index (χ1n) is 6.80. The second kappa shape index (κ2) is 5.65. The van der Waals surface area contributed by atoms with Gasteiger partial charge in [0.2, 0.25) is 5.91 Å². The molecule has 6 heteroatoms. The summed E-state index contributed by atoms with van der Waals surface area (Å²) in [4.78, 5) is 12.3. The van der Waals surface area contributed by atoms with Crippen molar-refractivity contribution in [3.63, 3.8) is 0 Å². The zero-order valence-corrected chi connectivity index (χ0v) is 12.8. The number of amides is 1. The molecule has 2 aromatic rings. The van der Waals surface area contributed by atoms with Gasteiger partial charge in [-0.25, -0.2) is 0 Å². The van der Waals surface area contributed by atoms with Gasteiger partial charge in [0.15, 0.2) is 5.82 Å². The van der Waals surface area contributed by atoms with Gasteiger partial charge >= 0.3 is 0 Å². The number of carbonyl (C=O) groups is 1. The van der Waals surface area contributed by atoms with Crippen LogP contribution in [0.4, 0.5) is 5.69 Å². The molecule has 1 unspecified atom stereocenters. The van der Waals surface area contributed by atoms with Gasteiger partial charge in [-0.3, -0.25) is 4.79 Å². The summed E-state index contributed by atoms with van der Waals surface area (Å²) in [5.41, 5.74) is 7.18. The monoisotopic (exact) mass is 287 g/mol. The van der Waals surface area contributed by atoms with Gasteiger partial charge in [-0.15, -0.1) is 10.2 Å². The number of hydrogen-bond donors (Lipinski definition) is 2. The Bertz CT molecular complexity index is 642. The first-order valence-corrected chi connectivity index (χ1v) is 6.80. The molecular weight excluding hydrogens is 266 g/mol. The van der Waals surface area contributed by atoms with Gasteiger partial charge in [0.25, 0.3) is 0 Å². The molecule has 0 bridgehead atoms. The number of nitrogens with zero attached hydrogens (tertiary/aromatic N) is 3. The van der Waals surface area contributed by atoms with E-state index in [9.17, 15) is 4.79 Å². The van der Waals surface area contributed by atoms with Gasteiger partial charge in [0.1, 0.15) is 6.33 Å². The van der Waals surface area contributed by atoms with Crippen LogP contribution < -0.4 is 11.1 Å². The van der Waals surface area contributed by atoms with Gasteiger partial charge in [-0.1, -0.05) is 32.9 Å². The highest BCUT2D eigenvalue weighted by Gasteiger charge is 2.28. The first kappa shape index (κ1) is 15.2. The minimum Gasteiger partial charge on any atom is -0.324 e. The number of rotatable bonds is 3. The largest absolute Gasteiger partial charge is 0.324 e. The molecule has 0 fully saturated rings. The first-order chi connectivity index (χ1) is 9.80. The molecule has 0 saturated carbocycles. The average molecular weight is 287 g/mol. The van der Waals surface area contributed by atoms with Crippen LogP contribution in [0, 0.1) is 5.41 Å². The lowest BCUT2D eigenvalue weighted by Crippen LogP contribution is -2.45. The van der Waals surface area contributed by atoms with Crippen LogP contribution in [0.15, 0.2) is 30.6 Å². The smallest absolute Gasteiger partial charge is 0.241 e. The Morgan fingerprint density at radius 3 is 2.57 bits per heavy atom. The molecule has 2 rings (SSSR count). The number of hydrogen-bond acceptors (Lipinski definition) is 4. The molecule has 0 radical (unpaired) electrons. The number of nitrogens with two attached hydrogens (primary N) is 1. The topological polar surface area (TPSA) is 85.8 Å². The molecule has 1 amide bonds. The summed E-state index contributed by atoms with van der Waals surface area (Å²) < 4.78 is 1.80. The van der Waals surface area contributed by atoms with Gasteiger partial charge in [-0.2, -0.15) is 0 Å². The van der Waals surface area contributed by atoms with E-state index in [2.05, 4.69) is 15.5 Å². The zero-order chi connectivity index (χ0) is 15.6. The maximum Gasteiger partial charge on any atom is 0.241 e. The van der Waals surface area contributed by atoms with Gasteiger partial charge in [0.05, 0.1) is 11.7 Å². The fourth-order valence-corrected chi connectivity index (χ4v) is 1.92. The highest BCUT2D eigenvalue weighted by Crippen LogP contribution is 2.26. The molecule has 112 valence electrons. The van der Waals surface area contributed by atoms with Crippen molar-refractivity contribution in [3.05, 3.63) is 30.6 Å². The Hall–Kier alpha value is -2.21. The molecule has 0 spiro atoms. The third-order valence-corrected chi connectivity index (χ3v) is 3.35. The molecule has 1 aromatic carbocycles. The van der Waals surface area contributed by atoms with E-state index in [1.54, 1.807) is 10.9 Å². The van der Waals surface area contributed by atoms with Crippen molar-refractivity contribution in [1.29, 1.82) is 0 Å². The molecule has 0 aliphatic carbocycles. The minimum absolute atomic E-state index is 0.211. The van der Waals surface area contributed by atoms with Crippen LogP contribution in [0.2, 0.25) is 0 Å². The lowest BCUT2D eigenvalue weighted by molar-refractivity contribution is -0.119. The van der Waals surface area contributed by atoms with Gasteiger partial charge in [0, 0.05) is 12.6 Å². The van der Waals surface area contributed by atoms with Crippen LogP contribution in [-0.2, 0) is 11.8 Å². The van der Waals surface area contributed by atoms with E-state index >= 15 is 0 Å². The summed E-state index contributed by atoms with van der Waals surface area (Å²) in [6.07, 6.45) is 1.62. The number of anilines is 1. The lowest BCUT2D eigenvalue weighted by atomic mass is 9.87. The maximum atomic E-state index is 12.3. The summed E-state index contributed by atoms with van der Waals surface area (Å²) in [6, 6.07) is 6.88. The fraction of sp³-hybridized carbons (Fsp3) is 0.400. The molecule has 1 aromatic heterocycles. The van der Waals surface area contributed by atoms with Crippen molar-refractivity contribution in [2.75, 3.05) is 5.32 Å².